The highest BCUT2D eigenvalue weighted by Crippen LogP contribution is 2.89. The summed E-state index contributed by atoms with van der Waals surface area (Å²) < 4.78 is 7.27. The van der Waals surface area contributed by atoms with Gasteiger partial charge >= 0.3 is 0 Å². The monoisotopic (exact) mass is 779 g/mol. The first-order chi connectivity index (χ1) is 29.1. The van der Waals surface area contributed by atoms with Crippen molar-refractivity contribution in [1.82, 2.24) is 0 Å². The zero-order chi connectivity index (χ0) is 40.2. The van der Waals surface area contributed by atoms with Crippen LogP contribution >= 0.6 is 0 Å². The summed E-state index contributed by atoms with van der Waals surface area (Å²) in [6, 6.07) is 57.3. The molecule has 2 heteroatoms. The summed E-state index contributed by atoms with van der Waals surface area (Å²) in [5.74, 6) is 5.37. The van der Waals surface area contributed by atoms with Crippen LogP contribution in [0.4, 0.5) is 17.1 Å². The van der Waals surface area contributed by atoms with Crippen LogP contribution in [0.15, 0.2) is 152 Å². The Morgan fingerprint density at radius 1 is 0.500 bits per heavy atom. The van der Waals surface area contributed by atoms with Crippen molar-refractivity contribution in [3.8, 4) is 33.8 Å². The Morgan fingerprint density at radius 3 is 1.88 bits per heavy atom. The van der Waals surface area contributed by atoms with Crippen LogP contribution < -0.4 is 9.64 Å². The van der Waals surface area contributed by atoms with Crippen molar-refractivity contribution < 1.29 is 4.74 Å². The molecule has 4 saturated carbocycles. The van der Waals surface area contributed by atoms with Gasteiger partial charge in [-0.15, -0.1) is 0 Å². The Kier molecular flexibility index (Phi) is 7.05. The van der Waals surface area contributed by atoms with E-state index in [0.717, 1.165) is 34.7 Å². The van der Waals surface area contributed by atoms with Crippen LogP contribution in [0, 0.1) is 29.1 Å². The van der Waals surface area contributed by atoms with E-state index in [1.54, 1.807) is 0 Å². The molecule has 5 aliphatic carbocycles. The minimum atomic E-state index is 0.0290. The van der Waals surface area contributed by atoms with Crippen LogP contribution in [-0.2, 0) is 16.2 Å². The average molecular weight is 780 g/mol. The van der Waals surface area contributed by atoms with E-state index >= 15 is 0 Å². The molecule has 0 saturated heterocycles. The number of benzene rings is 7. The molecule has 6 unspecified atom stereocenters. The number of fused-ring (bicyclic) bond motifs is 9. The molecule has 0 radical (unpaired) electrons. The summed E-state index contributed by atoms with van der Waals surface area (Å²) >= 11 is 0. The summed E-state index contributed by atoms with van der Waals surface area (Å²) in [7, 11) is 0. The third kappa shape index (κ3) is 4.55. The molecule has 1 aliphatic heterocycles. The molecule has 296 valence electrons. The number of anilines is 3. The lowest BCUT2D eigenvalue weighted by Gasteiger charge is -2.77. The van der Waals surface area contributed by atoms with E-state index in [0.29, 0.717) is 17.3 Å². The highest BCUT2D eigenvalue weighted by molar-refractivity contribution is 5.91. The molecule has 2 nitrogen and oxygen atoms in total. The van der Waals surface area contributed by atoms with Crippen LogP contribution in [0.25, 0.3) is 33.0 Å². The Morgan fingerprint density at radius 2 is 1.13 bits per heavy atom. The van der Waals surface area contributed by atoms with E-state index in [-0.39, 0.29) is 16.2 Å². The fraction of sp³-hybridized carbons (Fsp3) is 0.310. The molecule has 1 heterocycles. The van der Waals surface area contributed by atoms with Gasteiger partial charge in [0.1, 0.15) is 5.75 Å². The Hall–Kier alpha value is -5.60. The van der Waals surface area contributed by atoms with Crippen LogP contribution in [-0.4, -0.2) is 0 Å². The van der Waals surface area contributed by atoms with Gasteiger partial charge in [0.25, 0.3) is 0 Å². The third-order valence-corrected chi connectivity index (χ3v) is 17.2. The van der Waals surface area contributed by atoms with Gasteiger partial charge in [-0.25, -0.2) is 0 Å². The van der Waals surface area contributed by atoms with Crippen molar-refractivity contribution in [2.24, 2.45) is 29.1 Å². The molecule has 2 bridgehead atoms. The van der Waals surface area contributed by atoms with E-state index in [9.17, 15) is 0 Å². The summed E-state index contributed by atoms with van der Waals surface area (Å²) in [6.45, 7) is 9.74. The van der Waals surface area contributed by atoms with E-state index in [2.05, 4.69) is 184 Å². The fourth-order valence-corrected chi connectivity index (χ4v) is 14.4. The molecule has 60 heavy (non-hydrogen) atoms. The molecular weight excluding hydrogens is 727 g/mol. The van der Waals surface area contributed by atoms with E-state index < -0.39 is 0 Å². The van der Waals surface area contributed by atoms with E-state index in [1.165, 1.54) is 99.5 Å². The predicted molar refractivity (Wildman–Crippen MR) is 247 cm³/mol. The molecule has 4 fully saturated rings. The van der Waals surface area contributed by atoms with Gasteiger partial charge in [0.05, 0.1) is 5.69 Å². The second-order valence-corrected chi connectivity index (χ2v) is 20.8. The summed E-state index contributed by atoms with van der Waals surface area (Å²) in [5.41, 5.74) is 15.1. The third-order valence-electron chi connectivity index (χ3n) is 17.2. The van der Waals surface area contributed by atoms with Crippen LogP contribution in [0.5, 0.6) is 11.5 Å². The molecular formula is C58H53NO. The second kappa shape index (κ2) is 12.0. The minimum Gasteiger partial charge on any atom is -0.455 e. The normalized spacial score (nSPS) is 27.8. The number of nitrogens with zero attached hydrogens (tertiary/aromatic N) is 1. The van der Waals surface area contributed by atoms with Gasteiger partial charge in [-0.3, -0.25) is 0 Å². The Labute approximate surface area is 355 Å². The largest absolute Gasteiger partial charge is 0.455 e. The topological polar surface area (TPSA) is 12.5 Å². The SMILES string of the molecule is CC1(C)CCC(C)(C)c2cc(N(c3ccc(-c4ccc5cc(-c6ccccc6)ccc5c4)cc3)c3cccc4c3Oc3ccccc3C43C4CC5CC6CC3C64C5)ccc21. The lowest BCUT2D eigenvalue weighted by Crippen LogP contribution is -2.74. The zero-order valence-corrected chi connectivity index (χ0v) is 35.3. The summed E-state index contributed by atoms with van der Waals surface area (Å²) in [6.07, 6.45) is 8.05. The van der Waals surface area contributed by atoms with E-state index in [1.807, 2.05) is 0 Å². The average Bonchev–Trinajstić information content (AvgIpc) is 3.81. The van der Waals surface area contributed by atoms with Crippen molar-refractivity contribution in [2.45, 2.75) is 82.5 Å². The molecule has 0 N–H and O–H groups in total. The van der Waals surface area contributed by atoms with Gasteiger partial charge < -0.3 is 9.64 Å². The first kappa shape index (κ1) is 35.2. The number of rotatable bonds is 5. The molecule has 6 aliphatic rings. The highest BCUT2D eigenvalue weighted by Gasteiger charge is 2.84. The number of ether oxygens (including phenoxy) is 1. The molecule has 6 atom stereocenters. The maximum absolute atomic E-state index is 7.27. The first-order valence-corrected chi connectivity index (χ1v) is 22.7. The van der Waals surface area contributed by atoms with Gasteiger partial charge in [0, 0.05) is 27.9 Å². The molecule has 2 spiro atoms. The summed E-state index contributed by atoms with van der Waals surface area (Å²) in [5, 5.41) is 2.51. The molecule has 0 amide bonds. The van der Waals surface area contributed by atoms with Crippen molar-refractivity contribution >= 4 is 27.8 Å². The van der Waals surface area contributed by atoms with Crippen LogP contribution in [0.2, 0.25) is 0 Å². The van der Waals surface area contributed by atoms with Crippen molar-refractivity contribution in [3.63, 3.8) is 0 Å². The number of para-hydroxylation sites is 2. The second-order valence-electron chi connectivity index (χ2n) is 20.8. The lowest BCUT2D eigenvalue weighted by atomic mass is 9.26. The molecule has 0 aromatic heterocycles. The Bertz CT molecular complexity index is 2900. The predicted octanol–water partition coefficient (Wildman–Crippen LogP) is 15.5. The fourth-order valence-electron chi connectivity index (χ4n) is 14.4. The maximum Gasteiger partial charge on any atom is 0.155 e. The standard InChI is InChI=1S/C58H53NO/c1-55(2)27-28-56(3,4)49-34-45(25-26-46(49)55)59(44-23-21-38(22-24-44)40-18-20-41-31-39(17-19-42(41)32-40)37-11-6-5-7-12-37)50-15-10-14-48-54(50)60-51-16-9-8-13-47(51)58(48)52-30-36-29-43-33-53(58)57(43,52)35-36/h5-26,31-32,34,36,43,52-53H,27-30,33,35H2,1-4H3. The van der Waals surface area contributed by atoms with Crippen LogP contribution in [0.1, 0.15) is 88.5 Å². The van der Waals surface area contributed by atoms with Gasteiger partial charge in [0.2, 0.25) is 0 Å². The molecule has 7 aromatic rings. The van der Waals surface area contributed by atoms with Gasteiger partial charge in [-0.2, -0.15) is 0 Å². The minimum absolute atomic E-state index is 0.0290. The highest BCUT2D eigenvalue weighted by atomic mass is 16.5. The van der Waals surface area contributed by atoms with Gasteiger partial charge in [-0.05, 0) is 171 Å². The van der Waals surface area contributed by atoms with Crippen molar-refractivity contribution in [2.75, 3.05) is 4.90 Å². The molecule has 7 aromatic carbocycles. The zero-order valence-electron chi connectivity index (χ0n) is 35.3. The van der Waals surface area contributed by atoms with Crippen molar-refractivity contribution in [1.29, 1.82) is 0 Å². The van der Waals surface area contributed by atoms with Gasteiger partial charge in [0.15, 0.2) is 5.75 Å². The van der Waals surface area contributed by atoms with E-state index in [4.69, 9.17) is 4.74 Å². The quantitative estimate of drug-likeness (QED) is 0.173. The van der Waals surface area contributed by atoms with Crippen molar-refractivity contribution in [3.05, 3.63) is 174 Å². The Balaban J connectivity index is 0.953. The maximum atomic E-state index is 7.27. The number of hydrogen-bond donors (Lipinski definition) is 0. The lowest BCUT2D eigenvalue weighted by molar-refractivity contribution is -0.235. The first-order valence-electron chi connectivity index (χ1n) is 22.7. The van der Waals surface area contributed by atoms with Crippen LogP contribution in [0.3, 0.4) is 0 Å². The smallest absolute Gasteiger partial charge is 0.155 e. The number of hydrogen-bond acceptors (Lipinski definition) is 2. The summed E-state index contributed by atoms with van der Waals surface area (Å²) in [4.78, 5) is 2.52. The molecule has 13 rings (SSSR count). The van der Waals surface area contributed by atoms with Gasteiger partial charge in [-0.1, -0.05) is 131 Å².